The summed E-state index contributed by atoms with van der Waals surface area (Å²) in [4.78, 5) is 14.4. The first-order chi connectivity index (χ1) is 6.07. The maximum atomic E-state index is 10.7. The highest BCUT2D eigenvalue weighted by Gasteiger charge is 2.17. The molecular weight excluding hydrogens is 168 g/mol. The standard InChI is InChI=1S/C9H11N2O2/c1-4-8-7(3)9(11(12)13)6(2)5-10-8/h5H,1,4H2,2-3H3. The van der Waals surface area contributed by atoms with Crippen molar-refractivity contribution in [3.8, 4) is 0 Å². The van der Waals surface area contributed by atoms with Gasteiger partial charge in [0.05, 0.1) is 10.6 Å². The maximum absolute atomic E-state index is 10.7. The van der Waals surface area contributed by atoms with Crippen molar-refractivity contribution in [2.24, 2.45) is 0 Å². The quantitative estimate of drug-likeness (QED) is 0.515. The molecule has 1 rings (SSSR count). The van der Waals surface area contributed by atoms with Crippen LogP contribution in [0.5, 0.6) is 0 Å². The molecule has 1 aromatic rings. The molecule has 69 valence electrons. The van der Waals surface area contributed by atoms with Crippen molar-refractivity contribution in [3.63, 3.8) is 0 Å². The van der Waals surface area contributed by atoms with Crippen molar-refractivity contribution in [3.05, 3.63) is 40.1 Å². The molecule has 0 bridgehead atoms. The molecule has 0 N–H and O–H groups in total. The van der Waals surface area contributed by atoms with E-state index >= 15 is 0 Å². The zero-order valence-corrected chi connectivity index (χ0v) is 7.70. The summed E-state index contributed by atoms with van der Waals surface area (Å²) in [6.07, 6.45) is 2.00. The Morgan fingerprint density at radius 2 is 2.23 bits per heavy atom. The summed E-state index contributed by atoms with van der Waals surface area (Å²) in [5.41, 5.74) is 2.07. The lowest BCUT2D eigenvalue weighted by molar-refractivity contribution is -0.386. The summed E-state index contributed by atoms with van der Waals surface area (Å²) in [5, 5.41) is 10.7. The molecule has 0 saturated carbocycles. The summed E-state index contributed by atoms with van der Waals surface area (Å²) in [5.74, 6) is 0. The monoisotopic (exact) mass is 179 g/mol. The van der Waals surface area contributed by atoms with E-state index in [1.807, 2.05) is 0 Å². The molecule has 13 heavy (non-hydrogen) atoms. The van der Waals surface area contributed by atoms with E-state index in [1.165, 1.54) is 6.20 Å². The molecule has 1 radical (unpaired) electrons. The van der Waals surface area contributed by atoms with Gasteiger partial charge in [-0.3, -0.25) is 15.1 Å². The third-order valence-electron chi connectivity index (χ3n) is 2.00. The van der Waals surface area contributed by atoms with E-state index in [-0.39, 0.29) is 10.6 Å². The van der Waals surface area contributed by atoms with Gasteiger partial charge in [0.1, 0.15) is 0 Å². The number of hydrogen-bond donors (Lipinski definition) is 0. The molecule has 1 heterocycles. The molecule has 0 aliphatic carbocycles. The topological polar surface area (TPSA) is 56.0 Å². The predicted molar refractivity (Wildman–Crippen MR) is 49.4 cm³/mol. The number of nitrogens with zero attached hydrogens (tertiary/aromatic N) is 2. The van der Waals surface area contributed by atoms with Gasteiger partial charge in [-0.1, -0.05) is 0 Å². The minimum Gasteiger partial charge on any atom is -0.260 e. The second-order valence-corrected chi connectivity index (χ2v) is 2.87. The molecule has 0 amide bonds. The third kappa shape index (κ3) is 1.66. The lowest BCUT2D eigenvalue weighted by atomic mass is 10.1. The number of rotatable bonds is 2. The van der Waals surface area contributed by atoms with Gasteiger partial charge in [-0.2, -0.15) is 0 Å². The molecule has 0 saturated heterocycles. The van der Waals surface area contributed by atoms with Crippen molar-refractivity contribution in [2.45, 2.75) is 20.3 Å². The minimum absolute atomic E-state index is 0.161. The van der Waals surface area contributed by atoms with Crippen LogP contribution in [-0.2, 0) is 6.42 Å². The average Bonchev–Trinajstić information content (AvgIpc) is 2.04. The van der Waals surface area contributed by atoms with Gasteiger partial charge < -0.3 is 0 Å². The second kappa shape index (κ2) is 3.51. The van der Waals surface area contributed by atoms with Crippen molar-refractivity contribution in [2.75, 3.05) is 0 Å². The van der Waals surface area contributed by atoms with E-state index in [4.69, 9.17) is 0 Å². The van der Waals surface area contributed by atoms with Crippen LogP contribution in [0, 0.1) is 30.9 Å². The molecular formula is C9H11N2O2. The third-order valence-corrected chi connectivity index (χ3v) is 2.00. The Balaban J connectivity index is 3.38. The van der Waals surface area contributed by atoms with Crippen molar-refractivity contribution in [1.29, 1.82) is 0 Å². The highest BCUT2D eigenvalue weighted by molar-refractivity contribution is 5.47. The first-order valence-corrected chi connectivity index (χ1v) is 3.96. The SMILES string of the molecule is [CH2]Cc1ncc(C)c([N+](=O)[O-])c1C. The Morgan fingerprint density at radius 3 is 2.69 bits per heavy atom. The zero-order valence-electron chi connectivity index (χ0n) is 7.70. The fraction of sp³-hybridized carbons (Fsp3) is 0.333. The van der Waals surface area contributed by atoms with E-state index in [1.54, 1.807) is 13.8 Å². The summed E-state index contributed by atoms with van der Waals surface area (Å²) in [6, 6.07) is 0. The molecule has 0 aliphatic heterocycles. The van der Waals surface area contributed by atoms with Gasteiger partial charge in [-0.05, 0) is 27.2 Å². The minimum atomic E-state index is -0.370. The van der Waals surface area contributed by atoms with Crippen LogP contribution in [0.3, 0.4) is 0 Å². The Hall–Kier alpha value is -1.45. The number of aromatic nitrogens is 1. The Kier molecular flexibility index (Phi) is 2.60. The predicted octanol–water partition coefficient (Wildman–Crippen LogP) is 1.98. The summed E-state index contributed by atoms with van der Waals surface area (Å²) >= 11 is 0. The first kappa shape index (κ1) is 9.64. The molecule has 4 heteroatoms. The fourth-order valence-electron chi connectivity index (χ4n) is 1.30. The van der Waals surface area contributed by atoms with Crippen LogP contribution >= 0.6 is 0 Å². The van der Waals surface area contributed by atoms with Crippen LogP contribution in [0.15, 0.2) is 6.20 Å². The van der Waals surface area contributed by atoms with Crippen LogP contribution in [0.4, 0.5) is 5.69 Å². The van der Waals surface area contributed by atoms with E-state index in [0.29, 0.717) is 23.2 Å². The summed E-state index contributed by atoms with van der Waals surface area (Å²) in [6.45, 7) is 7.05. The molecule has 4 nitrogen and oxygen atoms in total. The lowest BCUT2D eigenvalue weighted by Crippen LogP contribution is -2.01. The van der Waals surface area contributed by atoms with Crippen molar-refractivity contribution < 1.29 is 4.92 Å². The van der Waals surface area contributed by atoms with E-state index < -0.39 is 0 Å². The van der Waals surface area contributed by atoms with E-state index in [9.17, 15) is 10.1 Å². The number of hydrogen-bond acceptors (Lipinski definition) is 3. The van der Waals surface area contributed by atoms with Gasteiger partial charge in [-0.15, -0.1) is 0 Å². The highest BCUT2D eigenvalue weighted by Crippen LogP contribution is 2.23. The zero-order chi connectivity index (χ0) is 10.0. The van der Waals surface area contributed by atoms with Gasteiger partial charge in [0, 0.05) is 17.3 Å². The molecule has 0 spiro atoms. The van der Waals surface area contributed by atoms with E-state index in [0.717, 1.165) is 0 Å². The van der Waals surface area contributed by atoms with Gasteiger partial charge in [0.25, 0.3) is 5.69 Å². The maximum Gasteiger partial charge on any atom is 0.278 e. The Labute approximate surface area is 76.8 Å². The van der Waals surface area contributed by atoms with Crippen LogP contribution in [0.2, 0.25) is 0 Å². The molecule has 1 aromatic heterocycles. The number of pyridine rings is 1. The molecule has 0 unspecified atom stereocenters. The van der Waals surface area contributed by atoms with Crippen molar-refractivity contribution >= 4 is 5.69 Å². The van der Waals surface area contributed by atoms with Crippen LogP contribution < -0.4 is 0 Å². The van der Waals surface area contributed by atoms with E-state index in [2.05, 4.69) is 11.9 Å². The van der Waals surface area contributed by atoms with Gasteiger partial charge in [-0.25, -0.2) is 0 Å². The molecule has 0 atom stereocenters. The van der Waals surface area contributed by atoms with Crippen LogP contribution in [0.1, 0.15) is 16.8 Å². The number of aryl methyl sites for hydroxylation is 1. The van der Waals surface area contributed by atoms with Gasteiger partial charge in [0.2, 0.25) is 0 Å². The molecule has 0 aromatic carbocycles. The number of nitro groups is 1. The van der Waals surface area contributed by atoms with Gasteiger partial charge in [0.15, 0.2) is 0 Å². The van der Waals surface area contributed by atoms with Crippen LogP contribution in [0.25, 0.3) is 0 Å². The lowest BCUT2D eigenvalue weighted by Gasteiger charge is -2.04. The normalized spacial score (nSPS) is 10.1. The van der Waals surface area contributed by atoms with Gasteiger partial charge >= 0.3 is 0 Å². The molecule has 0 fully saturated rings. The van der Waals surface area contributed by atoms with Crippen LogP contribution in [-0.4, -0.2) is 9.91 Å². The average molecular weight is 179 g/mol. The smallest absolute Gasteiger partial charge is 0.260 e. The Morgan fingerprint density at radius 1 is 1.62 bits per heavy atom. The Bertz CT molecular complexity index is 348. The molecule has 0 aliphatic rings. The first-order valence-electron chi connectivity index (χ1n) is 3.96. The van der Waals surface area contributed by atoms with Crippen molar-refractivity contribution in [1.82, 2.24) is 4.98 Å². The fourth-order valence-corrected chi connectivity index (χ4v) is 1.30. The second-order valence-electron chi connectivity index (χ2n) is 2.87. The highest BCUT2D eigenvalue weighted by atomic mass is 16.6. The largest absolute Gasteiger partial charge is 0.278 e. The summed E-state index contributed by atoms with van der Waals surface area (Å²) < 4.78 is 0. The summed E-state index contributed by atoms with van der Waals surface area (Å²) in [7, 11) is 0.